The summed E-state index contributed by atoms with van der Waals surface area (Å²) in [5.74, 6) is 0. The van der Waals surface area contributed by atoms with E-state index in [2.05, 4.69) is 4.98 Å². The van der Waals surface area contributed by atoms with Gasteiger partial charge in [-0.15, -0.1) is 0 Å². The molecule has 1 rings (SSSR count). The lowest BCUT2D eigenvalue weighted by atomic mass is 10.1. The number of rotatable bonds is 2. The van der Waals surface area contributed by atoms with Crippen LogP contribution >= 0.6 is 22.6 Å². The highest BCUT2D eigenvalue weighted by Crippen LogP contribution is 2.25. The summed E-state index contributed by atoms with van der Waals surface area (Å²) in [6.07, 6.45) is -1.10. The van der Waals surface area contributed by atoms with Crippen LogP contribution in [-0.2, 0) is 6.54 Å². The Hall–Kier alpha value is -0.300. The van der Waals surface area contributed by atoms with E-state index in [0.717, 1.165) is 9.13 Å². The van der Waals surface area contributed by atoms with Crippen LogP contribution in [0.2, 0.25) is 0 Å². The molecule has 0 aliphatic rings. The van der Waals surface area contributed by atoms with Crippen molar-refractivity contribution in [3.63, 3.8) is 0 Å². The van der Waals surface area contributed by atoms with Crippen LogP contribution in [0.4, 0.5) is 8.78 Å². The van der Waals surface area contributed by atoms with Gasteiger partial charge in [0.25, 0.3) is 6.43 Å². The normalized spacial score (nSPS) is 10.9. The summed E-state index contributed by atoms with van der Waals surface area (Å²) in [6.45, 7) is 1.93. The number of alkyl halides is 2. The second kappa shape index (κ2) is 4.28. The van der Waals surface area contributed by atoms with E-state index in [1.54, 1.807) is 0 Å². The van der Waals surface area contributed by atoms with E-state index in [4.69, 9.17) is 5.73 Å². The topological polar surface area (TPSA) is 38.9 Å². The Labute approximate surface area is 88.7 Å². The second-order valence-corrected chi connectivity index (χ2v) is 3.70. The van der Waals surface area contributed by atoms with Gasteiger partial charge < -0.3 is 5.73 Å². The summed E-state index contributed by atoms with van der Waals surface area (Å²) in [4.78, 5) is 3.67. The summed E-state index contributed by atoms with van der Waals surface area (Å²) >= 11 is 2.01. The van der Waals surface area contributed by atoms with Crippen LogP contribution in [0, 0.1) is 10.5 Å². The number of hydrogen-bond donors (Lipinski definition) is 1. The first-order valence-electron chi connectivity index (χ1n) is 3.70. The van der Waals surface area contributed by atoms with E-state index in [1.165, 1.54) is 6.20 Å². The second-order valence-electron chi connectivity index (χ2n) is 2.62. The molecule has 72 valence electrons. The number of nitrogens with zero attached hydrogens (tertiary/aromatic N) is 1. The molecule has 2 nitrogen and oxygen atoms in total. The third-order valence-corrected chi connectivity index (χ3v) is 3.23. The molecule has 0 fully saturated rings. The Balaban J connectivity index is 3.30. The zero-order valence-corrected chi connectivity index (χ0v) is 9.18. The number of aryl methyl sites for hydroxylation is 1. The monoisotopic (exact) mass is 298 g/mol. The fourth-order valence-corrected chi connectivity index (χ4v) is 1.67. The molecule has 2 N–H and O–H groups in total. The van der Waals surface area contributed by atoms with Crippen molar-refractivity contribution < 1.29 is 8.78 Å². The van der Waals surface area contributed by atoms with Crippen molar-refractivity contribution in [2.24, 2.45) is 5.73 Å². The van der Waals surface area contributed by atoms with E-state index in [0.29, 0.717) is 5.56 Å². The molecule has 1 heterocycles. The molecular weight excluding hydrogens is 289 g/mol. The quantitative estimate of drug-likeness (QED) is 0.852. The highest BCUT2D eigenvalue weighted by atomic mass is 127. The van der Waals surface area contributed by atoms with Gasteiger partial charge in [-0.05, 0) is 35.1 Å². The molecule has 0 amide bonds. The van der Waals surface area contributed by atoms with Crippen LogP contribution in [0.25, 0.3) is 0 Å². The smallest absolute Gasteiger partial charge is 0.280 e. The van der Waals surface area contributed by atoms with Crippen LogP contribution in [0.3, 0.4) is 0 Å². The minimum absolute atomic E-state index is 0.104. The van der Waals surface area contributed by atoms with Crippen molar-refractivity contribution in [1.29, 1.82) is 0 Å². The molecule has 13 heavy (non-hydrogen) atoms. The maximum absolute atomic E-state index is 12.4. The molecule has 5 heteroatoms. The van der Waals surface area contributed by atoms with E-state index in [9.17, 15) is 8.78 Å². The Morgan fingerprint density at radius 1 is 1.62 bits per heavy atom. The van der Waals surface area contributed by atoms with Crippen molar-refractivity contribution in [2.45, 2.75) is 19.9 Å². The molecule has 0 saturated carbocycles. The first-order chi connectivity index (χ1) is 6.07. The zero-order chi connectivity index (χ0) is 10.0. The van der Waals surface area contributed by atoms with Gasteiger partial charge in [0.05, 0.1) is 0 Å². The van der Waals surface area contributed by atoms with Crippen molar-refractivity contribution in [2.75, 3.05) is 0 Å². The van der Waals surface area contributed by atoms with Crippen LogP contribution in [0.1, 0.15) is 23.2 Å². The SMILES string of the molecule is Cc1cnc(C(F)F)c(CN)c1I. The van der Waals surface area contributed by atoms with Crippen molar-refractivity contribution >= 4 is 22.6 Å². The Morgan fingerprint density at radius 3 is 2.69 bits per heavy atom. The molecular formula is C8H9F2IN2. The van der Waals surface area contributed by atoms with Crippen LogP contribution < -0.4 is 5.73 Å². The zero-order valence-electron chi connectivity index (χ0n) is 7.02. The number of nitrogens with two attached hydrogens (primary N) is 1. The molecule has 0 radical (unpaired) electrons. The molecule has 0 bridgehead atoms. The number of pyridine rings is 1. The van der Waals surface area contributed by atoms with Gasteiger partial charge in [0.2, 0.25) is 0 Å². The lowest BCUT2D eigenvalue weighted by Gasteiger charge is -2.09. The van der Waals surface area contributed by atoms with E-state index in [1.807, 2.05) is 29.5 Å². The summed E-state index contributed by atoms with van der Waals surface area (Å²) in [7, 11) is 0. The molecule has 0 spiro atoms. The number of aromatic nitrogens is 1. The predicted molar refractivity (Wildman–Crippen MR) is 54.5 cm³/mol. The minimum Gasteiger partial charge on any atom is -0.326 e. The van der Waals surface area contributed by atoms with Crippen molar-refractivity contribution in [3.05, 3.63) is 26.6 Å². The Kier molecular flexibility index (Phi) is 3.55. The Morgan fingerprint density at radius 2 is 2.23 bits per heavy atom. The highest BCUT2D eigenvalue weighted by Gasteiger charge is 2.16. The number of hydrogen-bond acceptors (Lipinski definition) is 2. The Bertz CT molecular complexity index is 315. The minimum atomic E-state index is -2.55. The van der Waals surface area contributed by atoms with Crippen molar-refractivity contribution in [3.8, 4) is 0 Å². The van der Waals surface area contributed by atoms with Gasteiger partial charge in [0.1, 0.15) is 5.69 Å². The maximum atomic E-state index is 12.4. The third kappa shape index (κ3) is 2.14. The van der Waals surface area contributed by atoms with Gasteiger partial charge in [0.15, 0.2) is 0 Å². The standard InChI is InChI=1S/C8H9F2IN2/c1-4-3-13-7(8(9)10)5(2-12)6(4)11/h3,8H,2,12H2,1H3. The molecule has 0 aliphatic carbocycles. The van der Waals surface area contributed by atoms with Crippen LogP contribution in [-0.4, -0.2) is 4.98 Å². The van der Waals surface area contributed by atoms with Crippen molar-refractivity contribution in [1.82, 2.24) is 4.98 Å². The predicted octanol–water partition coefficient (Wildman–Crippen LogP) is 2.39. The molecule has 0 unspecified atom stereocenters. The molecule has 1 aromatic heterocycles. The lowest BCUT2D eigenvalue weighted by Crippen LogP contribution is -2.08. The van der Waals surface area contributed by atoms with Gasteiger partial charge in [-0.3, -0.25) is 4.98 Å². The molecule has 0 atom stereocenters. The lowest BCUT2D eigenvalue weighted by molar-refractivity contribution is 0.144. The van der Waals surface area contributed by atoms with Crippen LogP contribution in [0.5, 0.6) is 0 Å². The fourth-order valence-electron chi connectivity index (χ4n) is 1.03. The average Bonchev–Trinajstić information content (AvgIpc) is 2.09. The molecule has 1 aromatic rings. The third-order valence-electron chi connectivity index (χ3n) is 1.73. The van der Waals surface area contributed by atoms with Gasteiger partial charge in [0, 0.05) is 21.9 Å². The largest absolute Gasteiger partial charge is 0.326 e. The van der Waals surface area contributed by atoms with Gasteiger partial charge in [-0.1, -0.05) is 0 Å². The summed E-state index contributed by atoms with van der Waals surface area (Å²) < 4.78 is 25.6. The fraction of sp³-hybridized carbons (Fsp3) is 0.375. The van der Waals surface area contributed by atoms with E-state index in [-0.39, 0.29) is 12.2 Å². The summed E-state index contributed by atoms with van der Waals surface area (Å²) in [5, 5.41) is 0. The first-order valence-corrected chi connectivity index (χ1v) is 4.78. The van der Waals surface area contributed by atoms with Crippen LogP contribution in [0.15, 0.2) is 6.20 Å². The maximum Gasteiger partial charge on any atom is 0.280 e. The van der Waals surface area contributed by atoms with E-state index < -0.39 is 6.43 Å². The summed E-state index contributed by atoms with van der Waals surface area (Å²) in [6, 6.07) is 0. The molecule has 0 aromatic carbocycles. The van der Waals surface area contributed by atoms with E-state index >= 15 is 0 Å². The van der Waals surface area contributed by atoms with Gasteiger partial charge in [-0.25, -0.2) is 8.78 Å². The average molecular weight is 298 g/mol. The van der Waals surface area contributed by atoms with Gasteiger partial charge in [-0.2, -0.15) is 0 Å². The highest BCUT2D eigenvalue weighted by molar-refractivity contribution is 14.1. The first kappa shape index (κ1) is 10.8. The number of halogens is 3. The summed E-state index contributed by atoms with van der Waals surface area (Å²) in [5.41, 5.74) is 6.52. The van der Waals surface area contributed by atoms with Gasteiger partial charge >= 0.3 is 0 Å². The molecule has 0 saturated heterocycles. The molecule has 0 aliphatic heterocycles.